The fourth-order valence-corrected chi connectivity index (χ4v) is 3.18. The molecule has 0 saturated carbocycles. The van der Waals surface area contributed by atoms with Crippen molar-refractivity contribution in [3.8, 4) is 22.6 Å². The third-order valence-corrected chi connectivity index (χ3v) is 4.78. The first kappa shape index (κ1) is 28.4. The van der Waals surface area contributed by atoms with Gasteiger partial charge in [-0.1, -0.05) is 64.4 Å². The molecule has 0 aliphatic carbocycles. The molecule has 0 aliphatic rings. The Hall–Kier alpha value is -3.88. The van der Waals surface area contributed by atoms with Crippen LogP contribution < -0.4 is 10.9 Å². The lowest BCUT2D eigenvalue weighted by Gasteiger charge is -2.08. The number of rotatable bonds is 8. The zero-order valence-corrected chi connectivity index (χ0v) is 21.4. The van der Waals surface area contributed by atoms with Crippen LogP contribution in [0.1, 0.15) is 53.0 Å². The molecule has 7 nitrogen and oxygen atoms in total. The van der Waals surface area contributed by atoms with Gasteiger partial charge in [0.05, 0.1) is 12.2 Å². The van der Waals surface area contributed by atoms with Gasteiger partial charge in [-0.3, -0.25) is 4.79 Å². The summed E-state index contributed by atoms with van der Waals surface area (Å²) in [5.74, 6) is -0.998. The van der Waals surface area contributed by atoms with Crippen molar-refractivity contribution in [3.05, 3.63) is 82.1 Å². The summed E-state index contributed by atoms with van der Waals surface area (Å²) in [6.45, 7) is 11.0. The van der Waals surface area contributed by atoms with Crippen LogP contribution in [0.25, 0.3) is 22.6 Å². The fourth-order valence-electron chi connectivity index (χ4n) is 3.18. The summed E-state index contributed by atoms with van der Waals surface area (Å²) in [4.78, 5) is 16.7. The van der Waals surface area contributed by atoms with E-state index in [1.165, 1.54) is 28.9 Å². The maximum atomic E-state index is 13.6. The molecular formula is C27H33F2N5O2. The van der Waals surface area contributed by atoms with E-state index in [1.54, 1.807) is 0 Å². The van der Waals surface area contributed by atoms with Gasteiger partial charge in [-0.15, -0.1) is 0 Å². The number of nitrogens with one attached hydrogen (secondary N) is 1. The Morgan fingerprint density at radius 1 is 0.944 bits per heavy atom. The van der Waals surface area contributed by atoms with Crippen molar-refractivity contribution in [2.24, 2.45) is 0 Å². The van der Waals surface area contributed by atoms with E-state index in [2.05, 4.69) is 27.5 Å². The summed E-state index contributed by atoms with van der Waals surface area (Å²) in [6, 6.07) is 13.6. The Labute approximate surface area is 210 Å². The van der Waals surface area contributed by atoms with Crippen LogP contribution in [-0.4, -0.2) is 26.5 Å². The summed E-state index contributed by atoms with van der Waals surface area (Å²) in [5, 5.41) is 11.4. The van der Waals surface area contributed by atoms with E-state index in [0.29, 0.717) is 17.5 Å². The Morgan fingerprint density at radius 2 is 1.67 bits per heavy atom. The molecule has 2 heterocycles. The van der Waals surface area contributed by atoms with Crippen LogP contribution in [-0.2, 0) is 6.54 Å². The highest BCUT2D eigenvalue weighted by atomic mass is 19.1. The van der Waals surface area contributed by atoms with E-state index >= 15 is 0 Å². The van der Waals surface area contributed by atoms with Crippen molar-refractivity contribution in [1.29, 1.82) is 0 Å². The third-order valence-electron chi connectivity index (χ3n) is 4.78. The van der Waals surface area contributed by atoms with Gasteiger partial charge in [0.25, 0.3) is 5.56 Å². The number of anilines is 1. The molecule has 0 saturated heterocycles. The molecule has 192 valence electrons. The zero-order valence-electron chi connectivity index (χ0n) is 21.4. The van der Waals surface area contributed by atoms with E-state index in [9.17, 15) is 13.6 Å². The molecule has 0 atom stereocenters. The van der Waals surface area contributed by atoms with Gasteiger partial charge in [-0.05, 0) is 36.2 Å². The molecule has 0 bridgehead atoms. The van der Waals surface area contributed by atoms with Crippen LogP contribution in [0.4, 0.5) is 14.8 Å². The molecule has 0 radical (unpaired) electrons. The van der Waals surface area contributed by atoms with E-state index < -0.39 is 11.6 Å². The lowest BCUT2D eigenvalue weighted by molar-refractivity contribution is 0.431. The second-order valence-corrected chi connectivity index (χ2v) is 7.28. The molecular weight excluding hydrogens is 464 g/mol. The van der Waals surface area contributed by atoms with Gasteiger partial charge in [0.1, 0.15) is 11.6 Å². The van der Waals surface area contributed by atoms with Crippen LogP contribution in [0.3, 0.4) is 0 Å². The van der Waals surface area contributed by atoms with Gasteiger partial charge < -0.3 is 9.84 Å². The molecule has 0 unspecified atom stereocenters. The topological polar surface area (TPSA) is 85.8 Å². The normalized spacial score (nSPS) is 10.1. The van der Waals surface area contributed by atoms with E-state index in [1.807, 2.05) is 52.0 Å². The maximum Gasteiger partial charge on any atom is 0.321 e. The highest BCUT2D eigenvalue weighted by Gasteiger charge is 2.11. The minimum absolute atomic E-state index is 0.164. The van der Waals surface area contributed by atoms with Gasteiger partial charge in [0.2, 0.25) is 5.82 Å². The predicted molar refractivity (Wildman–Crippen MR) is 139 cm³/mol. The Bertz CT molecular complexity index is 1270. The van der Waals surface area contributed by atoms with Crippen LogP contribution in [0.2, 0.25) is 0 Å². The Morgan fingerprint density at radius 3 is 2.36 bits per heavy atom. The van der Waals surface area contributed by atoms with Gasteiger partial charge in [-0.2, -0.15) is 10.1 Å². The number of hydrogen-bond acceptors (Lipinski definition) is 6. The smallest absolute Gasteiger partial charge is 0.321 e. The van der Waals surface area contributed by atoms with E-state index in [0.717, 1.165) is 36.6 Å². The maximum absolute atomic E-state index is 13.6. The molecule has 2 aromatic heterocycles. The molecule has 0 aliphatic heterocycles. The lowest BCUT2D eigenvalue weighted by Crippen LogP contribution is -2.22. The predicted octanol–water partition coefficient (Wildman–Crippen LogP) is 6.55. The first-order valence-corrected chi connectivity index (χ1v) is 12.2. The first-order valence-electron chi connectivity index (χ1n) is 12.2. The summed E-state index contributed by atoms with van der Waals surface area (Å²) in [6.07, 6.45) is 2.05. The molecule has 9 heteroatoms. The van der Waals surface area contributed by atoms with Crippen molar-refractivity contribution >= 4 is 6.01 Å². The average Bonchev–Trinajstić information content (AvgIpc) is 3.37. The molecule has 0 fully saturated rings. The van der Waals surface area contributed by atoms with Crippen LogP contribution in [0.15, 0.2) is 63.9 Å². The Balaban J connectivity index is 0.00000109. The highest BCUT2D eigenvalue weighted by molar-refractivity contribution is 5.58. The molecule has 1 N–H and O–H groups in total. The monoisotopic (exact) mass is 497 g/mol. The summed E-state index contributed by atoms with van der Waals surface area (Å²) < 4.78 is 33.6. The summed E-state index contributed by atoms with van der Waals surface area (Å²) in [7, 11) is 0. The molecule has 0 amide bonds. The SMILES string of the molecule is CC.CC.CCCCNc1nc(-c2cccc(Cn3nc(-c4cc(F)cc(F)c4)ccc3=O)c2)no1. The quantitative estimate of drug-likeness (QED) is 0.278. The highest BCUT2D eigenvalue weighted by Crippen LogP contribution is 2.21. The zero-order chi connectivity index (χ0) is 26.5. The number of nitrogens with zero attached hydrogens (tertiary/aromatic N) is 4. The van der Waals surface area contributed by atoms with Crippen molar-refractivity contribution in [2.45, 2.75) is 54.0 Å². The van der Waals surface area contributed by atoms with Gasteiger partial charge in [0, 0.05) is 29.8 Å². The number of aromatic nitrogens is 4. The Kier molecular flexibility index (Phi) is 11.4. The molecule has 4 rings (SSSR count). The third kappa shape index (κ3) is 7.83. The molecule has 0 spiro atoms. The minimum Gasteiger partial charge on any atom is -0.338 e. The first-order chi connectivity index (χ1) is 17.5. The van der Waals surface area contributed by atoms with Crippen LogP contribution in [0.5, 0.6) is 0 Å². The molecule has 4 aromatic rings. The van der Waals surface area contributed by atoms with Crippen molar-refractivity contribution in [1.82, 2.24) is 19.9 Å². The lowest BCUT2D eigenvalue weighted by atomic mass is 10.1. The number of halogens is 2. The summed E-state index contributed by atoms with van der Waals surface area (Å²) >= 11 is 0. The van der Waals surface area contributed by atoms with Crippen molar-refractivity contribution in [3.63, 3.8) is 0 Å². The van der Waals surface area contributed by atoms with E-state index in [4.69, 9.17) is 4.52 Å². The van der Waals surface area contributed by atoms with Crippen LogP contribution >= 0.6 is 0 Å². The van der Waals surface area contributed by atoms with Gasteiger partial charge in [0.15, 0.2) is 0 Å². The number of benzene rings is 2. The largest absolute Gasteiger partial charge is 0.338 e. The van der Waals surface area contributed by atoms with Crippen LogP contribution in [0, 0.1) is 11.6 Å². The standard InChI is InChI=1S/C23H21F2N5O2.2C2H6/c1-2-3-9-26-23-27-22(29-32-23)16-6-4-5-15(10-16)14-30-21(31)8-7-20(28-30)17-11-18(24)13-19(25)12-17;2*1-2/h4-8,10-13H,2-3,9,14H2,1H3,(H,26,27,29);2*1-2H3. The molecule has 36 heavy (non-hydrogen) atoms. The summed E-state index contributed by atoms with van der Waals surface area (Å²) in [5.41, 5.74) is 1.72. The minimum atomic E-state index is -0.712. The van der Waals surface area contributed by atoms with E-state index in [-0.39, 0.29) is 17.7 Å². The van der Waals surface area contributed by atoms with Crippen molar-refractivity contribution < 1.29 is 13.3 Å². The van der Waals surface area contributed by atoms with Gasteiger partial charge in [-0.25, -0.2) is 13.5 Å². The van der Waals surface area contributed by atoms with Gasteiger partial charge >= 0.3 is 6.01 Å². The number of unbranched alkanes of at least 4 members (excludes halogenated alkanes) is 1. The average molecular weight is 498 g/mol. The number of hydrogen-bond donors (Lipinski definition) is 1. The second kappa shape index (κ2) is 14.5. The second-order valence-electron chi connectivity index (χ2n) is 7.28. The fraction of sp³-hybridized carbons (Fsp3) is 0.333. The van der Waals surface area contributed by atoms with Crippen molar-refractivity contribution in [2.75, 3.05) is 11.9 Å². The molecule has 2 aromatic carbocycles.